The lowest BCUT2D eigenvalue weighted by Crippen LogP contribution is -2.04. The lowest BCUT2D eigenvalue weighted by Gasteiger charge is -2.07. The third-order valence-electron chi connectivity index (χ3n) is 2.87. The van der Waals surface area contributed by atoms with Crippen molar-refractivity contribution in [1.29, 1.82) is 0 Å². The molecule has 0 aromatic heterocycles. The number of rotatable bonds is 3. The van der Waals surface area contributed by atoms with Crippen molar-refractivity contribution in [1.82, 2.24) is 0 Å². The number of carboxylic acid groups (broad SMARTS) is 1. The van der Waals surface area contributed by atoms with E-state index in [4.69, 9.17) is 5.11 Å². The quantitative estimate of drug-likeness (QED) is 0.849. The van der Waals surface area contributed by atoms with Gasteiger partial charge in [0.25, 0.3) is 0 Å². The summed E-state index contributed by atoms with van der Waals surface area (Å²) >= 11 is 0. The number of ether oxygens (including phenoxy) is 1. The molecule has 108 valence electrons. The average Bonchev–Trinajstić information content (AvgIpc) is 2.46. The van der Waals surface area contributed by atoms with Gasteiger partial charge in [0.1, 0.15) is 11.6 Å². The molecular formula is C15H11FO5. The van der Waals surface area contributed by atoms with E-state index in [1.165, 1.54) is 24.3 Å². The second-order valence-electron chi connectivity index (χ2n) is 4.26. The van der Waals surface area contributed by atoms with Crippen LogP contribution in [0.25, 0.3) is 11.1 Å². The maximum Gasteiger partial charge on any atom is 0.340 e. The number of hydrogen-bond acceptors (Lipinski definition) is 4. The highest BCUT2D eigenvalue weighted by Gasteiger charge is 2.15. The zero-order valence-electron chi connectivity index (χ0n) is 11.0. The second kappa shape index (κ2) is 5.62. The molecule has 2 N–H and O–H groups in total. The summed E-state index contributed by atoms with van der Waals surface area (Å²) in [5.74, 6) is -3.03. The van der Waals surface area contributed by atoms with Crippen LogP contribution >= 0.6 is 0 Å². The number of phenolic OH excluding ortho intramolecular Hbond substituents is 1. The van der Waals surface area contributed by atoms with Crippen molar-refractivity contribution in [2.45, 2.75) is 0 Å². The van der Waals surface area contributed by atoms with Crippen LogP contribution < -0.4 is 0 Å². The summed E-state index contributed by atoms with van der Waals surface area (Å²) in [6.07, 6.45) is 0. The number of esters is 1. The highest BCUT2D eigenvalue weighted by Crippen LogP contribution is 2.27. The maximum atomic E-state index is 13.6. The fourth-order valence-electron chi connectivity index (χ4n) is 1.87. The summed E-state index contributed by atoms with van der Waals surface area (Å²) in [7, 11) is 1.13. The Morgan fingerprint density at radius 2 is 1.81 bits per heavy atom. The van der Waals surface area contributed by atoms with Crippen LogP contribution in [-0.2, 0) is 4.74 Å². The standard InChI is InChI=1S/C15H11FO5/c1-21-15(20)12-7-8(2-3-13(12)16)9-4-10(14(18)19)6-11(17)5-9/h2-7,17H,1H3,(H,18,19). The van der Waals surface area contributed by atoms with Gasteiger partial charge in [-0.3, -0.25) is 0 Å². The number of phenols is 1. The molecule has 0 aliphatic heterocycles. The third-order valence-corrected chi connectivity index (χ3v) is 2.87. The summed E-state index contributed by atoms with van der Waals surface area (Å²) in [6, 6.07) is 7.42. The molecule has 0 saturated heterocycles. The van der Waals surface area contributed by atoms with Crippen LogP contribution in [0.4, 0.5) is 4.39 Å². The number of carbonyl (C=O) groups excluding carboxylic acids is 1. The highest BCUT2D eigenvalue weighted by molar-refractivity contribution is 5.93. The predicted octanol–water partition coefficient (Wildman–Crippen LogP) is 2.68. The minimum absolute atomic E-state index is 0.117. The van der Waals surface area contributed by atoms with E-state index in [-0.39, 0.29) is 16.9 Å². The van der Waals surface area contributed by atoms with Gasteiger partial charge in [0.2, 0.25) is 0 Å². The van der Waals surface area contributed by atoms with Gasteiger partial charge in [-0.1, -0.05) is 6.07 Å². The van der Waals surface area contributed by atoms with E-state index >= 15 is 0 Å². The van der Waals surface area contributed by atoms with Crippen LogP contribution in [0.15, 0.2) is 36.4 Å². The first-order valence-corrected chi connectivity index (χ1v) is 5.88. The number of methoxy groups -OCH3 is 1. The summed E-state index contributed by atoms with van der Waals surface area (Å²) in [6.45, 7) is 0. The minimum atomic E-state index is -1.21. The fourth-order valence-corrected chi connectivity index (χ4v) is 1.87. The van der Waals surface area contributed by atoms with Crippen LogP contribution in [0, 0.1) is 5.82 Å². The number of carboxylic acids is 1. The number of aromatic hydroxyl groups is 1. The Morgan fingerprint density at radius 3 is 2.43 bits per heavy atom. The smallest absolute Gasteiger partial charge is 0.340 e. The monoisotopic (exact) mass is 290 g/mol. The molecule has 0 amide bonds. The van der Waals surface area contributed by atoms with E-state index in [9.17, 15) is 19.1 Å². The zero-order valence-corrected chi connectivity index (χ0v) is 11.0. The molecule has 21 heavy (non-hydrogen) atoms. The SMILES string of the molecule is COC(=O)c1cc(-c2cc(O)cc(C(=O)O)c2)ccc1F. The van der Waals surface area contributed by atoms with Gasteiger partial charge in [-0.25, -0.2) is 14.0 Å². The number of halogens is 1. The normalized spacial score (nSPS) is 10.2. The lowest BCUT2D eigenvalue weighted by atomic mass is 10.0. The van der Waals surface area contributed by atoms with Crippen LogP contribution in [0.5, 0.6) is 5.75 Å². The van der Waals surface area contributed by atoms with E-state index < -0.39 is 17.8 Å². The van der Waals surface area contributed by atoms with E-state index in [0.29, 0.717) is 11.1 Å². The molecule has 0 saturated carbocycles. The molecule has 6 heteroatoms. The van der Waals surface area contributed by atoms with Crippen molar-refractivity contribution >= 4 is 11.9 Å². The van der Waals surface area contributed by atoms with E-state index in [2.05, 4.69) is 4.74 Å². The molecule has 0 bridgehead atoms. The van der Waals surface area contributed by atoms with Gasteiger partial charge in [-0.05, 0) is 41.5 Å². The van der Waals surface area contributed by atoms with Gasteiger partial charge in [0.15, 0.2) is 0 Å². The number of benzene rings is 2. The van der Waals surface area contributed by atoms with Crippen molar-refractivity contribution in [2.75, 3.05) is 7.11 Å². The van der Waals surface area contributed by atoms with Crippen molar-refractivity contribution in [3.8, 4) is 16.9 Å². The van der Waals surface area contributed by atoms with Crippen molar-refractivity contribution in [3.63, 3.8) is 0 Å². The van der Waals surface area contributed by atoms with Gasteiger partial charge in [-0.2, -0.15) is 0 Å². The van der Waals surface area contributed by atoms with Gasteiger partial charge in [0.05, 0.1) is 18.2 Å². The lowest BCUT2D eigenvalue weighted by molar-refractivity contribution is 0.0594. The molecule has 0 aliphatic carbocycles. The van der Waals surface area contributed by atoms with Crippen LogP contribution in [0.3, 0.4) is 0 Å². The maximum absolute atomic E-state index is 13.6. The fraction of sp³-hybridized carbons (Fsp3) is 0.0667. The summed E-state index contributed by atoms with van der Waals surface area (Å²) in [5, 5.41) is 18.5. The first kappa shape index (κ1) is 14.5. The molecule has 2 rings (SSSR count). The van der Waals surface area contributed by atoms with Crippen LogP contribution in [0.1, 0.15) is 20.7 Å². The van der Waals surface area contributed by atoms with Crippen LogP contribution in [-0.4, -0.2) is 29.3 Å². The predicted molar refractivity (Wildman–Crippen MR) is 71.8 cm³/mol. The minimum Gasteiger partial charge on any atom is -0.508 e. The van der Waals surface area contributed by atoms with Crippen LogP contribution in [0.2, 0.25) is 0 Å². The first-order valence-electron chi connectivity index (χ1n) is 5.88. The van der Waals surface area contributed by atoms with Crippen molar-refractivity contribution < 1.29 is 28.9 Å². The van der Waals surface area contributed by atoms with Gasteiger partial charge >= 0.3 is 11.9 Å². The van der Waals surface area contributed by atoms with Gasteiger partial charge in [0, 0.05) is 0 Å². The largest absolute Gasteiger partial charge is 0.508 e. The Bertz CT molecular complexity index is 724. The summed E-state index contributed by atoms with van der Waals surface area (Å²) in [4.78, 5) is 22.4. The molecule has 0 radical (unpaired) electrons. The Balaban J connectivity index is 2.57. The van der Waals surface area contributed by atoms with Crippen molar-refractivity contribution in [2.24, 2.45) is 0 Å². The molecule has 0 atom stereocenters. The third kappa shape index (κ3) is 3.00. The van der Waals surface area contributed by atoms with E-state index in [0.717, 1.165) is 19.2 Å². The van der Waals surface area contributed by atoms with Gasteiger partial charge < -0.3 is 14.9 Å². The van der Waals surface area contributed by atoms with Crippen molar-refractivity contribution in [3.05, 3.63) is 53.3 Å². The van der Waals surface area contributed by atoms with E-state index in [1.807, 2.05) is 0 Å². The molecule has 0 spiro atoms. The van der Waals surface area contributed by atoms with E-state index in [1.54, 1.807) is 0 Å². The molecule has 0 heterocycles. The number of carbonyl (C=O) groups is 2. The Hall–Kier alpha value is -2.89. The Kier molecular flexibility index (Phi) is 3.89. The van der Waals surface area contributed by atoms with Gasteiger partial charge in [-0.15, -0.1) is 0 Å². The first-order chi connectivity index (χ1) is 9.92. The molecule has 0 aliphatic rings. The molecule has 0 fully saturated rings. The Morgan fingerprint density at radius 1 is 1.10 bits per heavy atom. The number of aromatic carboxylic acids is 1. The molecule has 0 unspecified atom stereocenters. The molecule has 2 aromatic rings. The summed E-state index contributed by atoms with van der Waals surface area (Å²) < 4.78 is 18.0. The molecule has 2 aromatic carbocycles. The topological polar surface area (TPSA) is 83.8 Å². The molecule has 5 nitrogen and oxygen atoms in total. The second-order valence-corrected chi connectivity index (χ2v) is 4.26. The highest BCUT2D eigenvalue weighted by atomic mass is 19.1. The zero-order chi connectivity index (χ0) is 15.6. The number of hydrogen-bond donors (Lipinski definition) is 2. The Labute approximate surface area is 119 Å². The summed E-state index contributed by atoms with van der Waals surface area (Å²) in [5.41, 5.74) is 0.344. The molecular weight excluding hydrogens is 279 g/mol. The average molecular weight is 290 g/mol.